The Morgan fingerprint density at radius 2 is 2.09 bits per heavy atom. The molecule has 0 spiro atoms. The molecule has 1 unspecified atom stereocenters. The van der Waals surface area contributed by atoms with Gasteiger partial charge in [0.2, 0.25) is 5.82 Å². The molecule has 23 heavy (non-hydrogen) atoms. The number of fused-ring (bicyclic) bond motifs is 1. The number of esters is 1. The quantitative estimate of drug-likeness (QED) is 0.614. The molecule has 2 rings (SSSR count). The lowest BCUT2D eigenvalue weighted by Gasteiger charge is -2.35. The zero-order valence-electron chi connectivity index (χ0n) is 13.3. The summed E-state index contributed by atoms with van der Waals surface area (Å²) in [5, 5.41) is 0. The number of hydrogen-bond donors (Lipinski definition) is 0. The number of anilines is 1. The van der Waals surface area contributed by atoms with Crippen molar-refractivity contribution < 1.29 is 27.8 Å². The van der Waals surface area contributed by atoms with Gasteiger partial charge in [0, 0.05) is 18.7 Å². The number of hydrogen-bond acceptors (Lipinski definition) is 5. The van der Waals surface area contributed by atoms with Crippen LogP contribution in [0.15, 0.2) is 6.07 Å². The highest BCUT2D eigenvalue weighted by Crippen LogP contribution is 2.41. The molecule has 0 fully saturated rings. The standard InChI is InChI=1S/C16H19F2NO4/c1-4-6-19-8-10(16(21)23-5-2)14(20)9-7-11(17)12(18)15(22-3)13(9)19/h7,10H,4-6,8H2,1-3H3. The normalized spacial score (nSPS) is 17.0. The fraction of sp³-hybridized carbons (Fsp3) is 0.500. The number of rotatable bonds is 5. The summed E-state index contributed by atoms with van der Waals surface area (Å²) in [4.78, 5) is 26.2. The summed E-state index contributed by atoms with van der Waals surface area (Å²) in [5.74, 6) is -4.94. The third kappa shape index (κ3) is 3.00. The van der Waals surface area contributed by atoms with E-state index in [1.54, 1.807) is 11.8 Å². The summed E-state index contributed by atoms with van der Waals surface area (Å²) >= 11 is 0. The number of halogens is 2. The first-order valence-corrected chi connectivity index (χ1v) is 7.47. The molecule has 0 radical (unpaired) electrons. The molecule has 5 nitrogen and oxygen atoms in total. The van der Waals surface area contributed by atoms with Gasteiger partial charge in [-0.2, -0.15) is 4.39 Å². The van der Waals surface area contributed by atoms with E-state index in [1.807, 2.05) is 6.92 Å². The van der Waals surface area contributed by atoms with E-state index in [4.69, 9.17) is 9.47 Å². The zero-order chi connectivity index (χ0) is 17.1. The summed E-state index contributed by atoms with van der Waals surface area (Å²) in [6.45, 7) is 4.21. The van der Waals surface area contributed by atoms with Gasteiger partial charge in [-0.15, -0.1) is 0 Å². The van der Waals surface area contributed by atoms with Gasteiger partial charge in [0.1, 0.15) is 5.92 Å². The number of methoxy groups -OCH3 is 1. The van der Waals surface area contributed by atoms with E-state index < -0.39 is 29.3 Å². The molecule has 1 aliphatic heterocycles. The predicted molar refractivity (Wildman–Crippen MR) is 79.9 cm³/mol. The molecule has 0 aliphatic carbocycles. The average Bonchev–Trinajstić information content (AvgIpc) is 2.52. The first-order chi connectivity index (χ1) is 11.0. The monoisotopic (exact) mass is 327 g/mol. The highest BCUT2D eigenvalue weighted by molar-refractivity contribution is 6.14. The molecule has 0 bridgehead atoms. The molecule has 1 aromatic rings. The molecule has 0 saturated carbocycles. The molecular weight excluding hydrogens is 308 g/mol. The molecule has 1 aromatic carbocycles. The highest BCUT2D eigenvalue weighted by Gasteiger charge is 2.40. The largest absolute Gasteiger partial charge is 0.491 e. The highest BCUT2D eigenvalue weighted by atomic mass is 19.2. The van der Waals surface area contributed by atoms with Gasteiger partial charge in [-0.05, 0) is 19.4 Å². The minimum atomic E-state index is -1.19. The summed E-state index contributed by atoms with van der Waals surface area (Å²) < 4.78 is 37.6. The van der Waals surface area contributed by atoms with Gasteiger partial charge in [-0.3, -0.25) is 9.59 Å². The Bertz CT molecular complexity index is 633. The number of carbonyl (C=O) groups excluding carboxylic acids is 2. The topological polar surface area (TPSA) is 55.8 Å². The molecule has 7 heteroatoms. The van der Waals surface area contributed by atoms with Crippen molar-refractivity contribution in [2.24, 2.45) is 5.92 Å². The number of carbonyl (C=O) groups is 2. The first-order valence-electron chi connectivity index (χ1n) is 7.47. The van der Waals surface area contributed by atoms with Crippen molar-refractivity contribution in [3.63, 3.8) is 0 Å². The van der Waals surface area contributed by atoms with Gasteiger partial charge in [0.15, 0.2) is 17.3 Å². The Morgan fingerprint density at radius 1 is 1.39 bits per heavy atom. The van der Waals surface area contributed by atoms with Gasteiger partial charge < -0.3 is 14.4 Å². The van der Waals surface area contributed by atoms with Crippen molar-refractivity contribution in [3.05, 3.63) is 23.3 Å². The lowest BCUT2D eigenvalue weighted by molar-refractivity contribution is -0.145. The first kappa shape index (κ1) is 17.2. The molecule has 0 amide bonds. The number of ether oxygens (including phenoxy) is 2. The van der Waals surface area contributed by atoms with Crippen molar-refractivity contribution in [1.82, 2.24) is 0 Å². The minimum Gasteiger partial charge on any atom is -0.491 e. The molecule has 0 N–H and O–H groups in total. The van der Waals surface area contributed by atoms with Gasteiger partial charge in [-0.25, -0.2) is 4.39 Å². The van der Waals surface area contributed by atoms with E-state index in [-0.39, 0.29) is 30.2 Å². The number of ketones is 1. The van der Waals surface area contributed by atoms with Crippen LogP contribution in [0.1, 0.15) is 30.6 Å². The van der Waals surface area contributed by atoms with Crippen LogP contribution in [0.2, 0.25) is 0 Å². The van der Waals surface area contributed by atoms with E-state index in [2.05, 4.69) is 0 Å². The number of Topliss-reactive ketones (excluding diaryl/α,β-unsaturated/α-hetero) is 1. The van der Waals surface area contributed by atoms with Crippen molar-refractivity contribution in [2.75, 3.05) is 31.7 Å². The molecule has 1 heterocycles. The second kappa shape index (κ2) is 6.93. The van der Waals surface area contributed by atoms with E-state index in [0.717, 1.165) is 6.07 Å². The van der Waals surface area contributed by atoms with Crippen LogP contribution in [0.5, 0.6) is 5.75 Å². The predicted octanol–water partition coefficient (Wildman–Crippen LogP) is 2.57. The third-order valence-electron chi connectivity index (χ3n) is 3.72. The Hall–Kier alpha value is -2.18. The molecule has 1 aliphatic rings. The number of benzene rings is 1. The lowest BCUT2D eigenvalue weighted by Crippen LogP contribution is -2.44. The Kier molecular flexibility index (Phi) is 5.18. The van der Waals surface area contributed by atoms with E-state index >= 15 is 0 Å². The average molecular weight is 327 g/mol. The zero-order valence-corrected chi connectivity index (χ0v) is 13.3. The van der Waals surface area contributed by atoms with Gasteiger partial charge in [0.05, 0.1) is 19.4 Å². The maximum Gasteiger partial charge on any atom is 0.318 e. The Labute approximate surface area is 133 Å². The molecule has 0 aromatic heterocycles. The lowest BCUT2D eigenvalue weighted by atomic mass is 9.90. The Morgan fingerprint density at radius 3 is 2.65 bits per heavy atom. The molecule has 1 atom stereocenters. The van der Waals surface area contributed by atoms with Crippen molar-refractivity contribution in [1.29, 1.82) is 0 Å². The van der Waals surface area contributed by atoms with Crippen LogP contribution in [0.25, 0.3) is 0 Å². The number of nitrogens with zero attached hydrogens (tertiary/aromatic N) is 1. The molecule has 0 saturated heterocycles. The fourth-order valence-electron chi connectivity index (χ4n) is 2.76. The maximum absolute atomic E-state index is 14.0. The minimum absolute atomic E-state index is 0.0555. The maximum atomic E-state index is 14.0. The van der Waals surface area contributed by atoms with E-state index in [9.17, 15) is 18.4 Å². The van der Waals surface area contributed by atoms with Crippen molar-refractivity contribution in [2.45, 2.75) is 20.3 Å². The van der Waals surface area contributed by atoms with E-state index in [1.165, 1.54) is 7.11 Å². The summed E-state index contributed by atoms with van der Waals surface area (Å²) in [7, 11) is 1.21. The van der Waals surface area contributed by atoms with Crippen LogP contribution < -0.4 is 9.64 Å². The van der Waals surface area contributed by atoms with Crippen molar-refractivity contribution >= 4 is 17.4 Å². The second-order valence-corrected chi connectivity index (χ2v) is 5.22. The van der Waals surface area contributed by atoms with Crippen LogP contribution in [-0.2, 0) is 9.53 Å². The fourth-order valence-corrected chi connectivity index (χ4v) is 2.76. The van der Waals surface area contributed by atoms with Gasteiger partial charge >= 0.3 is 5.97 Å². The second-order valence-electron chi connectivity index (χ2n) is 5.22. The summed E-state index contributed by atoms with van der Waals surface area (Å²) in [5.41, 5.74) is 0.136. The Balaban J connectivity index is 2.58. The third-order valence-corrected chi connectivity index (χ3v) is 3.72. The van der Waals surface area contributed by atoms with Crippen LogP contribution in [0.4, 0.5) is 14.5 Å². The molecular formula is C16H19F2NO4. The van der Waals surface area contributed by atoms with Gasteiger partial charge in [-0.1, -0.05) is 6.92 Å². The van der Waals surface area contributed by atoms with Crippen molar-refractivity contribution in [3.8, 4) is 5.75 Å². The summed E-state index contributed by atoms with van der Waals surface area (Å²) in [6.07, 6.45) is 0.700. The van der Waals surface area contributed by atoms with Crippen LogP contribution in [0.3, 0.4) is 0 Å². The summed E-state index contributed by atoms with van der Waals surface area (Å²) in [6, 6.07) is 0.823. The van der Waals surface area contributed by atoms with Gasteiger partial charge in [0.25, 0.3) is 0 Å². The van der Waals surface area contributed by atoms with E-state index in [0.29, 0.717) is 13.0 Å². The van der Waals surface area contributed by atoms with Crippen LogP contribution >= 0.6 is 0 Å². The van der Waals surface area contributed by atoms with Crippen LogP contribution in [0, 0.1) is 17.6 Å². The van der Waals surface area contributed by atoms with Crippen LogP contribution in [-0.4, -0.2) is 38.6 Å². The molecule has 126 valence electrons. The smallest absolute Gasteiger partial charge is 0.318 e. The SMILES string of the molecule is CCCN1CC(C(=O)OCC)C(=O)c2cc(F)c(F)c(OC)c21.